The highest BCUT2D eigenvalue weighted by Crippen LogP contribution is 2.19. The van der Waals surface area contributed by atoms with E-state index in [0.29, 0.717) is 44.1 Å². The number of benzene rings is 1. The van der Waals surface area contributed by atoms with E-state index in [1.165, 1.54) is 4.90 Å². The Bertz CT molecular complexity index is 619. The second-order valence-electron chi connectivity index (χ2n) is 5.98. The number of nitrogens with one attached hydrogen (secondary N) is 2. The molecule has 0 aromatic heterocycles. The molecule has 1 fully saturated rings. The molecular weight excluding hydrogens is 331 g/mol. The van der Waals surface area contributed by atoms with Crippen molar-refractivity contribution < 1.29 is 13.2 Å². The Morgan fingerprint density at radius 1 is 1.36 bits per heavy atom. The summed E-state index contributed by atoms with van der Waals surface area (Å²) in [5, 5.41) is 15.1. The summed E-state index contributed by atoms with van der Waals surface area (Å²) in [7, 11) is 0. The molecule has 1 saturated heterocycles. The summed E-state index contributed by atoms with van der Waals surface area (Å²) < 4.78 is 37.4. The van der Waals surface area contributed by atoms with Gasteiger partial charge in [-0.05, 0) is 31.0 Å². The van der Waals surface area contributed by atoms with Gasteiger partial charge in [0.15, 0.2) is 5.96 Å². The van der Waals surface area contributed by atoms with Crippen molar-refractivity contribution in [1.29, 1.82) is 5.26 Å². The van der Waals surface area contributed by atoms with Crippen molar-refractivity contribution in [1.82, 2.24) is 15.5 Å². The lowest BCUT2D eigenvalue weighted by Gasteiger charge is -2.19. The van der Waals surface area contributed by atoms with Crippen molar-refractivity contribution in [2.45, 2.75) is 32.1 Å². The second-order valence-corrected chi connectivity index (χ2v) is 5.98. The van der Waals surface area contributed by atoms with Gasteiger partial charge >= 0.3 is 6.18 Å². The zero-order valence-electron chi connectivity index (χ0n) is 14.1. The fraction of sp³-hybridized carbons (Fsp3) is 0.529. The number of nitriles is 1. The van der Waals surface area contributed by atoms with Crippen LogP contribution in [0.2, 0.25) is 0 Å². The minimum atomic E-state index is -4.16. The Balaban J connectivity index is 1.90. The van der Waals surface area contributed by atoms with Crippen LogP contribution in [-0.2, 0) is 6.54 Å². The van der Waals surface area contributed by atoms with Crippen molar-refractivity contribution in [3.05, 3.63) is 35.4 Å². The van der Waals surface area contributed by atoms with Crippen molar-refractivity contribution in [3.8, 4) is 6.07 Å². The fourth-order valence-corrected chi connectivity index (χ4v) is 2.72. The van der Waals surface area contributed by atoms with E-state index in [1.807, 2.05) is 19.1 Å². The highest BCUT2D eigenvalue weighted by atomic mass is 19.4. The zero-order valence-corrected chi connectivity index (χ0v) is 14.1. The summed E-state index contributed by atoms with van der Waals surface area (Å²) in [5.74, 6) is 0.589. The number of guanidine groups is 1. The smallest absolute Gasteiger partial charge is 0.357 e. The molecule has 0 bridgehead atoms. The Labute approximate surface area is 145 Å². The van der Waals surface area contributed by atoms with Gasteiger partial charge in [0, 0.05) is 25.7 Å². The van der Waals surface area contributed by atoms with Crippen LogP contribution in [0.25, 0.3) is 0 Å². The van der Waals surface area contributed by atoms with Crippen LogP contribution in [0.15, 0.2) is 29.3 Å². The Hall–Kier alpha value is -2.27. The second kappa shape index (κ2) is 8.72. The summed E-state index contributed by atoms with van der Waals surface area (Å²) in [6.07, 6.45) is -3.51. The van der Waals surface area contributed by atoms with Crippen LogP contribution < -0.4 is 10.6 Å². The van der Waals surface area contributed by atoms with Crippen molar-refractivity contribution in [3.63, 3.8) is 0 Å². The maximum Gasteiger partial charge on any atom is 0.401 e. The lowest BCUT2D eigenvalue weighted by molar-refractivity contribution is -0.143. The standard InChI is InChI=1S/C17H22F3N5/c1-2-22-16(23-10-14-5-3-13(9-21)4-6-14)24-15-7-8-25(11-15)12-17(18,19)20/h3-6,15H,2,7-8,10-12H2,1H3,(H2,22,23,24). The van der Waals surface area contributed by atoms with Gasteiger partial charge in [-0.3, -0.25) is 4.90 Å². The lowest BCUT2D eigenvalue weighted by atomic mass is 10.1. The first-order valence-corrected chi connectivity index (χ1v) is 8.22. The molecule has 0 radical (unpaired) electrons. The maximum atomic E-state index is 12.5. The molecule has 1 atom stereocenters. The Morgan fingerprint density at radius 3 is 2.68 bits per heavy atom. The van der Waals surface area contributed by atoms with Gasteiger partial charge in [-0.15, -0.1) is 0 Å². The quantitative estimate of drug-likeness (QED) is 0.630. The molecule has 136 valence electrons. The van der Waals surface area contributed by atoms with E-state index in [0.717, 1.165) is 5.56 Å². The van der Waals surface area contributed by atoms with Gasteiger partial charge in [0.2, 0.25) is 0 Å². The molecular formula is C17H22F3N5. The Kier molecular flexibility index (Phi) is 6.65. The molecule has 0 amide bonds. The predicted octanol–water partition coefficient (Wildman–Crippen LogP) is 2.25. The van der Waals surface area contributed by atoms with Crippen LogP contribution >= 0.6 is 0 Å². The average molecular weight is 353 g/mol. The summed E-state index contributed by atoms with van der Waals surface area (Å²) in [4.78, 5) is 5.88. The first-order valence-electron chi connectivity index (χ1n) is 8.22. The molecule has 1 heterocycles. The SMILES string of the molecule is CCNC(=NCc1ccc(C#N)cc1)NC1CCN(CC(F)(F)F)C1. The first kappa shape index (κ1) is 19.1. The number of nitrogens with zero attached hydrogens (tertiary/aromatic N) is 3. The third-order valence-corrected chi connectivity index (χ3v) is 3.86. The lowest BCUT2D eigenvalue weighted by Crippen LogP contribution is -2.45. The van der Waals surface area contributed by atoms with Gasteiger partial charge in [0.1, 0.15) is 0 Å². The average Bonchev–Trinajstić information content (AvgIpc) is 2.98. The van der Waals surface area contributed by atoms with E-state index >= 15 is 0 Å². The molecule has 1 unspecified atom stereocenters. The zero-order chi connectivity index (χ0) is 18.3. The van der Waals surface area contributed by atoms with Gasteiger partial charge in [-0.1, -0.05) is 12.1 Å². The summed E-state index contributed by atoms with van der Waals surface area (Å²) in [5.41, 5.74) is 1.55. The van der Waals surface area contributed by atoms with Crippen LogP contribution in [0, 0.1) is 11.3 Å². The van der Waals surface area contributed by atoms with Crippen molar-refractivity contribution in [2.75, 3.05) is 26.2 Å². The normalized spacial score (nSPS) is 18.8. The van der Waals surface area contributed by atoms with Crippen molar-refractivity contribution in [2.24, 2.45) is 4.99 Å². The van der Waals surface area contributed by atoms with Crippen LogP contribution in [-0.4, -0.2) is 49.3 Å². The van der Waals surface area contributed by atoms with E-state index < -0.39 is 12.7 Å². The molecule has 1 aliphatic heterocycles. The number of hydrogen-bond acceptors (Lipinski definition) is 3. The highest BCUT2D eigenvalue weighted by Gasteiger charge is 2.34. The van der Waals surface area contributed by atoms with E-state index in [9.17, 15) is 13.2 Å². The fourth-order valence-electron chi connectivity index (χ4n) is 2.72. The maximum absolute atomic E-state index is 12.5. The van der Waals surface area contributed by atoms with Crippen LogP contribution in [0.1, 0.15) is 24.5 Å². The van der Waals surface area contributed by atoms with Gasteiger partial charge in [0.05, 0.1) is 24.7 Å². The summed E-state index contributed by atoms with van der Waals surface area (Å²) in [6.45, 7) is 2.93. The van der Waals surface area contributed by atoms with Gasteiger partial charge in [0.25, 0.3) is 0 Å². The Morgan fingerprint density at radius 2 is 2.08 bits per heavy atom. The van der Waals surface area contributed by atoms with Gasteiger partial charge in [-0.25, -0.2) is 4.99 Å². The largest absolute Gasteiger partial charge is 0.401 e. The van der Waals surface area contributed by atoms with Gasteiger partial charge < -0.3 is 10.6 Å². The molecule has 1 aliphatic rings. The minimum absolute atomic E-state index is 0.0545. The number of aliphatic imine (C=N–C) groups is 1. The topological polar surface area (TPSA) is 63.5 Å². The van der Waals surface area contributed by atoms with E-state index in [2.05, 4.69) is 21.7 Å². The van der Waals surface area contributed by atoms with Crippen molar-refractivity contribution >= 4 is 5.96 Å². The van der Waals surface area contributed by atoms with Crippen LogP contribution in [0.5, 0.6) is 0 Å². The molecule has 2 N–H and O–H groups in total. The molecule has 5 nitrogen and oxygen atoms in total. The number of likely N-dealkylation sites (tertiary alicyclic amines) is 1. The van der Waals surface area contributed by atoms with Crippen LogP contribution in [0.3, 0.4) is 0 Å². The van der Waals surface area contributed by atoms with E-state index in [-0.39, 0.29) is 6.04 Å². The third kappa shape index (κ3) is 6.63. The van der Waals surface area contributed by atoms with E-state index in [1.54, 1.807) is 12.1 Å². The monoisotopic (exact) mass is 353 g/mol. The third-order valence-electron chi connectivity index (χ3n) is 3.86. The van der Waals surface area contributed by atoms with Crippen LogP contribution in [0.4, 0.5) is 13.2 Å². The molecule has 2 rings (SSSR count). The molecule has 0 saturated carbocycles. The summed E-state index contributed by atoms with van der Waals surface area (Å²) >= 11 is 0. The number of hydrogen-bond donors (Lipinski definition) is 2. The minimum Gasteiger partial charge on any atom is -0.357 e. The molecule has 0 aliphatic carbocycles. The molecule has 0 spiro atoms. The number of rotatable bonds is 5. The molecule has 25 heavy (non-hydrogen) atoms. The molecule has 8 heteroatoms. The predicted molar refractivity (Wildman–Crippen MR) is 90.0 cm³/mol. The molecule has 1 aromatic carbocycles. The van der Waals surface area contributed by atoms with E-state index in [4.69, 9.17) is 5.26 Å². The highest BCUT2D eigenvalue weighted by molar-refractivity contribution is 5.80. The van der Waals surface area contributed by atoms with Gasteiger partial charge in [-0.2, -0.15) is 18.4 Å². The number of halogens is 3. The molecule has 1 aromatic rings. The number of alkyl halides is 3. The first-order chi connectivity index (χ1) is 11.9. The summed E-state index contributed by atoms with van der Waals surface area (Å²) in [6, 6.07) is 9.15.